The van der Waals surface area contributed by atoms with Crippen molar-refractivity contribution < 1.29 is 14.3 Å². The number of benzene rings is 1. The lowest BCUT2D eigenvalue weighted by Crippen LogP contribution is -2.52. The quantitative estimate of drug-likeness (QED) is 0.730. The van der Waals surface area contributed by atoms with Gasteiger partial charge in [-0.2, -0.15) is 0 Å². The van der Waals surface area contributed by atoms with Gasteiger partial charge in [0.2, 0.25) is 5.88 Å². The van der Waals surface area contributed by atoms with Crippen LogP contribution in [0, 0.1) is 0 Å². The second-order valence-electron chi connectivity index (χ2n) is 9.22. The molecule has 1 aliphatic carbocycles. The molecule has 2 aliphatic heterocycles. The molecular formula is C24H30N4O3. The van der Waals surface area contributed by atoms with E-state index in [1.165, 1.54) is 18.4 Å². The van der Waals surface area contributed by atoms with E-state index in [9.17, 15) is 4.79 Å². The van der Waals surface area contributed by atoms with E-state index in [0.717, 1.165) is 25.2 Å². The normalized spacial score (nSPS) is 23.6. The number of hydrogen-bond donors (Lipinski definition) is 0. The molecule has 1 aromatic carbocycles. The first kappa shape index (κ1) is 20.2. The van der Waals surface area contributed by atoms with Gasteiger partial charge in [-0.05, 0) is 36.5 Å². The molecule has 5 rings (SSSR count). The maximum Gasteiger partial charge on any atom is 0.415 e. The largest absolute Gasteiger partial charge is 0.472 e. The molecule has 0 spiro atoms. The van der Waals surface area contributed by atoms with Crippen LogP contribution in [0.25, 0.3) is 0 Å². The lowest BCUT2D eigenvalue weighted by atomic mass is 10.0. The van der Waals surface area contributed by atoms with Gasteiger partial charge in [0.25, 0.3) is 0 Å². The fourth-order valence-corrected chi connectivity index (χ4v) is 4.50. The Bertz CT molecular complexity index is 929. The average molecular weight is 423 g/mol. The Labute approximate surface area is 183 Å². The molecule has 0 N–H and O–H groups in total. The molecule has 2 aromatic rings. The van der Waals surface area contributed by atoms with E-state index >= 15 is 0 Å². The van der Waals surface area contributed by atoms with Gasteiger partial charge in [0.1, 0.15) is 11.9 Å². The van der Waals surface area contributed by atoms with Crippen molar-refractivity contribution >= 4 is 6.09 Å². The van der Waals surface area contributed by atoms with Crippen molar-refractivity contribution in [2.24, 2.45) is 0 Å². The summed E-state index contributed by atoms with van der Waals surface area (Å²) < 4.78 is 11.8. The highest BCUT2D eigenvalue weighted by Crippen LogP contribution is 2.38. The number of carbonyl (C=O) groups excluding carboxylic acids is 1. The Balaban J connectivity index is 1.15. The van der Waals surface area contributed by atoms with E-state index in [0.29, 0.717) is 36.6 Å². The smallest absolute Gasteiger partial charge is 0.415 e. The average Bonchev–Trinajstić information content (AvgIpc) is 3.54. The Kier molecular flexibility index (Phi) is 5.52. The minimum Gasteiger partial charge on any atom is -0.472 e. The number of aromatic nitrogens is 2. The number of amides is 1. The van der Waals surface area contributed by atoms with E-state index in [-0.39, 0.29) is 18.2 Å². The predicted octanol–water partition coefficient (Wildman–Crippen LogP) is 3.81. The Morgan fingerprint density at radius 2 is 2.00 bits per heavy atom. The number of nitrogens with zero attached hydrogens (tertiary/aromatic N) is 4. The number of piperazine rings is 1. The van der Waals surface area contributed by atoms with Crippen LogP contribution >= 0.6 is 0 Å². The number of hydrogen-bond acceptors (Lipinski definition) is 6. The lowest BCUT2D eigenvalue weighted by Gasteiger charge is -2.36. The first-order valence-corrected chi connectivity index (χ1v) is 11.3. The summed E-state index contributed by atoms with van der Waals surface area (Å²) in [5, 5.41) is 0. The summed E-state index contributed by atoms with van der Waals surface area (Å²) in [7, 11) is 0. The Hall–Kier alpha value is -2.67. The maximum atomic E-state index is 12.7. The van der Waals surface area contributed by atoms with Crippen molar-refractivity contribution in [2.75, 3.05) is 26.2 Å². The molecule has 3 fully saturated rings. The topological polar surface area (TPSA) is 67.8 Å². The summed E-state index contributed by atoms with van der Waals surface area (Å²) in [5.74, 6) is 2.20. The van der Waals surface area contributed by atoms with Crippen LogP contribution in [0.2, 0.25) is 0 Å². The molecule has 0 bridgehead atoms. The van der Waals surface area contributed by atoms with Crippen LogP contribution in [0.4, 0.5) is 4.79 Å². The van der Waals surface area contributed by atoms with Gasteiger partial charge in [-0.1, -0.05) is 26.0 Å². The molecule has 7 nitrogen and oxygen atoms in total. The van der Waals surface area contributed by atoms with Gasteiger partial charge in [0, 0.05) is 44.6 Å². The van der Waals surface area contributed by atoms with Crippen molar-refractivity contribution in [1.29, 1.82) is 0 Å². The molecule has 31 heavy (non-hydrogen) atoms. The molecular weight excluding hydrogens is 392 g/mol. The van der Waals surface area contributed by atoms with Gasteiger partial charge in [-0.25, -0.2) is 9.78 Å². The van der Waals surface area contributed by atoms with Crippen LogP contribution in [0.1, 0.15) is 56.2 Å². The van der Waals surface area contributed by atoms with E-state index < -0.39 is 0 Å². The van der Waals surface area contributed by atoms with Gasteiger partial charge in [0.05, 0.1) is 18.1 Å². The van der Waals surface area contributed by atoms with Crippen LogP contribution in [0.5, 0.6) is 11.6 Å². The van der Waals surface area contributed by atoms with E-state index in [1.54, 1.807) is 6.20 Å². The van der Waals surface area contributed by atoms with E-state index in [2.05, 4.69) is 34.8 Å². The SMILES string of the molecule is CC(C)c1cccc(OC(=O)N2CCN3C[C@H](Oc4cnc(C5CC5)cn4)C[C@H]3C2)c1. The van der Waals surface area contributed by atoms with Gasteiger partial charge >= 0.3 is 6.09 Å². The highest BCUT2D eigenvalue weighted by Gasteiger charge is 2.39. The van der Waals surface area contributed by atoms with Crippen LogP contribution in [-0.4, -0.2) is 64.2 Å². The number of carbonyl (C=O) groups is 1. The lowest BCUT2D eigenvalue weighted by molar-refractivity contribution is 0.0924. The molecule has 2 saturated heterocycles. The number of ether oxygens (including phenoxy) is 2. The molecule has 1 saturated carbocycles. The minimum absolute atomic E-state index is 0.0739. The molecule has 0 radical (unpaired) electrons. The van der Waals surface area contributed by atoms with Crippen molar-refractivity contribution in [1.82, 2.24) is 19.8 Å². The fraction of sp³-hybridized carbons (Fsp3) is 0.542. The molecule has 3 aliphatic rings. The molecule has 0 unspecified atom stereocenters. The summed E-state index contributed by atoms with van der Waals surface area (Å²) in [5.41, 5.74) is 2.24. The molecule has 164 valence electrons. The Morgan fingerprint density at radius 1 is 1.13 bits per heavy atom. The van der Waals surface area contributed by atoms with Crippen molar-refractivity contribution in [3.05, 3.63) is 47.9 Å². The highest BCUT2D eigenvalue weighted by atomic mass is 16.6. The summed E-state index contributed by atoms with van der Waals surface area (Å²) in [6, 6.07) is 8.08. The molecule has 1 aromatic heterocycles. The van der Waals surface area contributed by atoms with Crippen LogP contribution in [0.3, 0.4) is 0 Å². The van der Waals surface area contributed by atoms with Crippen LogP contribution in [-0.2, 0) is 0 Å². The first-order chi connectivity index (χ1) is 15.0. The molecule has 7 heteroatoms. The number of fused-ring (bicyclic) bond motifs is 1. The second kappa shape index (κ2) is 8.46. The zero-order valence-electron chi connectivity index (χ0n) is 18.2. The monoisotopic (exact) mass is 422 g/mol. The summed E-state index contributed by atoms with van der Waals surface area (Å²) in [4.78, 5) is 25.9. The first-order valence-electron chi connectivity index (χ1n) is 11.3. The standard InChI is InChI=1S/C24H30N4O3/c1-16(2)18-4-3-5-20(10-18)31-24(29)28-9-8-27-15-21(11-19(27)14-28)30-23-13-25-22(12-26-23)17-6-7-17/h3-5,10,12-13,16-17,19,21H,6-9,11,14-15H2,1-2H3/t19-,21+/m0/s1. The zero-order valence-corrected chi connectivity index (χ0v) is 18.2. The van der Waals surface area contributed by atoms with Crippen LogP contribution < -0.4 is 9.47 Å². The van der Waals surface area contributed by atoms with Crippen LogP contribution in [0.15, 0.2) is 36.7 Å². The van der Waals surface area contributed by atoms with Crippen molar-refractivity contribution in [2.45, 2.75) is 57.1 Å². The summed E-state index contributed by atoms with van der Waals surface area (Å²) in [6.45, 7) is 7.28. The van der Waals surface area contributed by atoms with Gasteiger partial charge in [-0.3, -0.25) is 9.88 Å². The maximum absolute atomic E-state index is 12.7. The van der Waals surface area contributed by atoms with Crippen molar-refractivity contribution in [3.63, 3.8) is 0 Å². The third-order valence-electron chi connectivity index (χ3n) is 6.50. The fourth-order valence-electron chi connectivity index (χ4n) is 4.50. The minimum atomic E-state index is -0.272. The number of rotatable bonds is 5. The Morgan fingerprint density at radius 3 is 2.74 bits per heavy atom. The van der Waals surface area contributed by atoms with Crippen molar-refractivity contribution in [3.8, 4) is 11.6 Å². The molecule has 3 heterocycles. The summed E-state index contributed by atoms with van der Waals surface area (Å²) >= 11 is 0. The van der Waals surface area contributed by atoms with E-state index in [1.807, 2.05) is 29.3 Å². The molecule has 1 amide bonds. The highest BCUT2D eigenvalue weighted by molar-refractivity contribution is 5.71. The predicted molar refractivity (Wildman–Crippen MR) is 117 cm³/mol. The van der Waals surface area contributed by atoms with E-state index in [4.69, 9.17) is 9.47 Å². The second-order valence-corrected chi connectivity index (χ2v) is 9.22. The van der Waals surface area contributed by atoms with Gasteiger partial charge < -0.3 is 14.4 Å². The third-order valence-corrected chi connectivity index (χ3v) is 6.50. The zero-order chi connectivity index (χ0) is 21.4. The summed E-state index contributed by atoms with van der Waals surface area (Å²) in [6.07, 6.45) is 6.71. The molecule has 2 atom stereocenters. The third kappa shape index (κ3) is 4.66. The van der Waals surface area contributed by atoms with Gasteiger partial charge in [0.15, 0.2) is 0 Å². The van der Waals surface area contributed by atoms with Gasteiger partial charge in [-0.15, -0.1) is 0 Å².